The lowest BCUT2D eigenvalue weighted by Crippen LogP contribution is -2.34. The number of hydrogen-bond acceptors (Lipinski definition) is 8. The molecule has 2 aliphatic carbocycles. The molecule has 1 saturated heterocycles. The molecule has 154 valence electrons. The van der Waals surface area contributed by atoms with Gasteiger partial charge in [0.05, 0.1) is 18.1 Å². The van der Waals surface area contributed by atoms with Gasteiger partial charge in [-0.05, 0) is 55.2 Å². The van der Waals surface area contributed by atoms with Gasteiger partial charge in [-0.2, -0.15) is 0 Å². The van der Waals surface area contributed by atoms with E-state index < -0.39 is 30.4 Å². The predicted molar refractivity (Wildman–Crippen MR) is 98.5 cm³/mol. The molecule has 0 radical (unpaired) electrons. The van der Waals surface area contributed by atoms with Crippen LogP contribution < -0.4 is 4.74 Å². The lowest BCUT2D eigenvalue weighted by Gasteiger charge is -2.22. The lowest BCUT2D eigenvalue weighted by atomic mass is 9.80. The highest BCUT2D eigenvalue weighted by Crippen LogP contribution is 2.57. The zero-order valence-electron chi connectivity index (χ0n) is 15.8. The van der Waals surface area contributed by atoms with Gasteiger partial charge in [0.15, 0.2) is 12.4 Å². The van der Waals surface area contributed by atoms with Crippen LogP contribution in [-0.2, 0) is 19.1 Å². The van der Waals surface area contributed by atoms with Crippen LogP contribution in [0.4, 0.5) is 0 Å². The molecule has 2 saturated carbocycles. The highest BCUT2D eigenvalue weighted by molar-refractivity contribution is 5.98. The van der Waals surface area contributed by atoms with Gasteiger partial charge in [-0.3, -0.25) is 14.4 Å². The van der Waals surface area contributed by atoms with Crippen LogP contribution in [0.2, 0.25) is 0 Å². The molecule has 2 aromatic rings. The second-order valence-corrected chi connectivity index (χ2v) is 7.84. The average molecular weight is 410 g/mol. The molecular formula is C22H18O8. The molecule has 5 rings (SSSR count). The first-order valence-corrected chi connectivity index (χ1v) is 9.77. The molecule has 0 amide bonds. The second-order valence-electron chi connectivity index (χ2n) is 7.84. The Balaban J connectivity index is 1.16. The lowest BCUT2D eigenvalue weighted by molar-refractivity contribution is -0.154. The average Bonchev–Trinajstić information content (AvgIpc) is 3.49. The van der Waals surface area contributed by atoms with Crippen molar-refractivity contribution in [3.8, 4) is 5.75 Å². The Labute approximate surface area is 171 Å². The second kappa shape index (κ2) is 7.12. The SMILES string of the molecule is O=C(COC(=O)[C@@H]1[C@@H]2C[C@@H]3[C@H]1C(=O)O[C@H]3C2)c1ccc(OC(=O)c2ccco2)cc1. The van der Waals surface area contributed by atoms with Gasteiger partial charge in [0.1, 0.15) is 11.9 Å². The van der Waals surface area contributed by atoms with Gasteiger partial charge in [0.25, 0.3) is 0 Å². The summed E-state index contributed by atoms with van der Waals surface area (Å²) in [6.45, 7) is -0.413. The molecule has 1 aromatic heterocycles. The number of fused-ring (bicyclic) bond motifs is 1. The van der Waals surface area contributed by atoms with Gasteiger partial charge in [0, 0.05) is 11.5 Å². The van der Waals surface area contributed by atoms with Gasteiger partial charge < -0.3 is 18.6 Å². The number of ketones is 1. The standard InChI is InChI=1S/C22H18O8/c23-15(11-3-5-13(6-4-11)29-20(24)16-2-1-7-27-16)10-28-21(25)18-12-8-14-17(9-12)30-22(26)19(14)18/h1-7,12,14,17-19H,8-10H2/t12-,14+,17+,18-,19-/m1/s1. The number of Topliss-reactive ketones (excluding diaryl/α,β-unsaturated/α-hetero) is 1. The van der Waals surface area contributed by atoms with Crippen LogP contribution in [0.15, 0.2) is 47.1 Å². The van der Waals surface area contributed by atoms with Crippen molar-refractivity contribution < 1.29 is 37.8 Å². The fourth-order valence-corrected chi connectivity index (χ4v) is 4.90. The van der Waals surface area contributed by atoms with E-state index in [0.717, 1.165) is 6.42 Å². The number of esters is 3. The molecule has 5 atom stereocenters. The molecule has 30 heavy (non-hydrogen) atoms. The van der Waals surface area contributed by atoms with Crippen molar-refractivity contribution in [3.05, 3.63) is 54.0 Å². The zero-order chi connectivity index (χ0) is 20.8. The van der Waals surface area contributed by atoms with Crippen LogP contribution >= 0.6 is 0 Å². The molecule has 3 aliphatic rings. The van der Waals surface area contributed by atoms with Crippen molar-refractivity contribution in [2.24, 2.45) is 23.7 Å². The van der Waals surface area contributed by atoms with Crippen molar-refractivity contribution in [1.29, 1.82) is 0 Å². The molecule has 2 heterocycles. The molecule has 2 bridgehead atoms. The quantitative estimate of drug-likeness (QED) is 0.406. The monoisotopic (exact) mass is 410 g/mol. The number of carbonyl (C=O) groups excluding carboxylic acids is 4. The van der Waals surface area contributed by atoms with E-state index in [1.807, 2.05) is 0 Å². The molecule has 8 heteroatoms. The Hall–Kier alpha value is -3.42. The van der Waals surface area contributed by atoms with Gasteiger partial charge in [-0.1, -0.05) is 0 Å². The highest BCUT2D eigenvalue weighted by Gasteiger charge is 2.64. The van der Waals surface area contributed by atoms with Crippen LogP contribution in [-0.4, -0.2) is 36.4 Å². The Morgan fingerprint density at radius 3 is 2.60 bits per heavy atom. The molecule has 1 aliphatic heterocycles. The first kappa shape index (κ1) is 18.6. The molecule has 0 spiro atoms. The Bertz CT molecular complexity index is 1000. The van der Waals surface area contributed by atoms with Crippen LogP contribution in [0.25, 0.3) is 0 Å². The number of furan rings is 1. The van der Waals surface area contributed by atoms with Crippen molar-refractivity contribution in [2.75, 3.05) is 6.61 Å². The normalized spacial score (nSPS) is 28.3. The topological polar surface area (TPSA) is 109 Å². The van der Waals surface area contributed by atoms with E-state index in [0.29, 0.717) is 12.0 Å². The molecule has 1 aromatic carbocycles. The van der Waals surface area contributed by atoms with Crippen molar-refractivity contribution in [3.63, 3.8) is 0 Å². The summed E-state index contributed by atoms with van der Waals surface area (Å²) in [4.78, 5) is 48.8. The maximum Gasteiger partial charge on any atom is 0.379 e. The van der Waals surface area contributed by atoms with E-state index >= 15 is 0 Å². The van der Waals surface area contributed by atoms with Crippen LogP contribution in [0.5, 0.6) is 5.75 Å². The van der Waals surface area contributed by atoms with Crippen molar-refractivity contribution >= 4 is 23.7 Å². The summed E-state index contributed by atoms with van der Waals surface area (Å²) in [5, 5.41) is 0. The number of carbonyl (C=O) groups is 4. The molecule has 0 unspecified atom stereocenters. The Kier molecular flexibility index (Phi) is 4.42. The smallest absolute Gasteiger partial charge is 0.379 e. The first-order valence-electron chi connectivity index (χ1n) is 9.77. The van der Waals surface area contributed by atoms with E-state index in [-0.39, 0.29) is 41.2 Å². The number of rotatable bonds is 6. The van der Waals surface area contributed by atoms with E-state index in [9.17, 15) is 19.2 Å². The number of ether oxygens (including phenoxy) is 3. The summed E-state index contributed by atoms with van der Waals surface area (Å²) in [5.74, 6) is -2.30. The summed E-state index contributed by atoms with van der Waals surface area (Å²) < 4.78 is 20.7. The number of hydrogen-bond donors (Lipinski definition) is 0. The Morgan fingerprint density at radius 2 is 1.87 bits per heavy atom. The Morgan fingerprint density at radius 1 is 1.07 bits per heavy atom. The van der Waals surface area contributed by atoms with Crippen LogP contribution in [0.1, 0.15) is 33.8 Å². The van der Waals surface area contributed by atoms with Gasteiger partial charge >= 0.3 is 17.9 Å². The third-order valence-electron chi connectivity index (χ3n) is 6.21. The molecule has 3 fully saturated rings. The maximum absolute atomic E-state index is 12.5. The molecular weight excluding hydrogens is 392 g/mol. The first-order chi connectivity index (χ1) is 14.5. The van der Waals surface area contributed by atoms with Gasteiger partial charge in [-0.15, -0.1) is 0 Å². The third-order valence-corrected chi connectivity index (χ3v) is 6.21. The van der Waals surface area contributed by atoms with E-state index in [4.69, 9.17) is 18.6 Å². The van der Waals surface area contributed by atoms with E-state index in [2.05, 4.69) is 0 Å². The van der Waals surface area contributed by atoms with Gasteiger partial charge in [0.2, 0.25) is 5.76 Å². The molecule has 8 nitrogen and oxygen atoms in total. The summed E-state index contributed by atoms with van der Waals surface area (Å²) in [7, 11) is 0. The fraction of sp³-hybridized carbons (Fsp3) is 0.364. The van der Waals surface area contributed by atoms with Crippen LogP contribution in [0.3, 0.4) is 0 Å². The predicted octanol–water partition coefficient (Wildman–Crippen LogP) is 2.42. The fourth-order valence-electron chi connectivity index (χ4n) is 4.90. The minimum atomic E-state index is -0.647. The maximum atomic E-state index is 12.5. The van der Waals surface area contributed by atoms with Crippen molar-refractivity contribution in [1.82, 2.24) is 0 Å². The largest absolute Gasteiger partial charge is 0.462 e. The van der Waals surface area contributed by atoms with Crippen molar-refractivity contribution in [2.45, 2.75) is 18.9 Å². The molecule has 0 N–H and O–H groups in total. The number of benzene rings is 1. The minimum absolute atomic E-state index is 0.0569. The highest BCUT2D eigenvalue weighted by atomic mass is 16.6. The minimum Gasteiger partial charge on any atom is -0.462 e. The van der Waals surface area contributed by atoms with Crippen LogP contribution in [0, 0.1) is 23.7 Å². The summed E-state index contributed by atoms with van der Waals surface area (Å²) >= 11 is 0. The summed E-state index contributed by atoms with van der Waals surface area (Å²) in [6, 6.07) is 8.97. The third kappa shape index (κ3) is 3.08. The van der Waals surface area contributed by atoms with E-state index in [1.165, 1.54) is 36.6 Å². The summed E-state index contributed by atoms with van der Waals surface area (Å²) in [6.07, 6.45) is 2.80. The van der Waals surface area contributed by atoms with E-state index in [1.54, 1.807) is 6.07 Å². The summed E-state index contributed by atoms with van der Waals surface area (Å²) in [5.41, 5.74) is 0.314. The van der Waals surface area contributed by atoms with Gasteiger partial charge in [-0.25, -0.2) is 4.79 Å². The zero-order valence-corrected chi connectivity index (χ0v) is 15.8.